The zero-order valence-corrected chi connectivity index (χ0v) is 12.1. The number of nitrogens with one attached hydrogen (secondary N) is 1. The third-order valence-corrected chi connectivity index (χ3v) is 2.75. The Morgan fingerprint density at radius 3 is 2.72 bits per heavy atom. The van der Waals surface area contributed by atoms with Gasteiger partial charge >= 0.3 is 0 Å². The van der Waals surface area contributed by atoms with E-state index >= 15 is 0 Å². The highest BCUT2D eigenvalue weighted by atomic mass is 35.5. The van der Waals surface area contributed by atoms with E-state index in [4.69, 9.17) is 16.3 Å². The molecule has 1 aromatic rings. The summed E-state index contributed by atoms with van der Waals surface area (Å²) < 4.78 is 5.01. The average molecular weight is 272 g/mol. The van der Waals surface area contributed by atoms with Crippen molar-refractivity contribution < 1.29 is 4.74 Å². The van der Waals surface area contributed by atoms with Crippen molar-refractivity contribution in [3.63, 3.8) is 0 Å². The molecule has 4 nitrogen and oxygen atoms in total. The van der Waals surface area contributed by atoms with Crippen molar-refractivity contribution in [2.24, 2.45) is 0 Å². The molecular formula is C13H22ClN3O. The van der Waals surface area contributed by atoms with E-state index in [0.29, 0.717) is 5.15 Å². The van der Waals surface area contributed by atoms with Crippen LogP contribution in [0.1, 0.15) is 44.9 Å². The summed E-state index contributed by atoms with van der Waals surface area (Å²) in [6, 6.07) is 1.77. The highest BCUT2D eigenvalue weighted by molar-refractivity contribution is 6.29. The maximum absolute atomic E-state index is 5.97. The molecule has 18 heavy (non-hydrogen) atoms. The Balaban J connectivity index is 2.37. The number of ether oxygens (including phenoxy) is 1. The van der Waals surface area contributed by atoms with Gasteiger partial charge in [0.2, 0.25) is 0 Å². The summed E-state index contributed by atoms with van der Waals surface area (Å²) in [5.41, 5.74) is 0. The molecule has 0 unspecified atom stereocenters. The summed E-state index contributed by atoms with van der Waals surface area (Å²) >= 11 is 5.97. The second-order valence-corrected chi connectivity index (χ2v) is 4.96. The molecule has 5 heteroatoms. The molecule has 0 aromatic carbocycles. The molecule has 0 amide bonds. The second-order valence-electron chi connectivity index (χ2n) is 4.57. The highest BCUT2D eigenvalue weighted by Gasteiger charge is 2.06. The first-order chi connectivity index (χ1) is 8.63. The van der Waals surface area contributed by atoms with E-state index in [2.05, 4.69) is 29.1 Å². The van der Waals surface area contributed by atoms with Crippen molar-refractivity contribution in [1.82, 2.24) is 9.97 Å². The molecule has 1 rings (SSSR count). The lowest BCUT2D eigenvalue weighted by Crippen LogP contribution is -2.07. The van der Waals surface area contributed by atoms with E-state index < -0.39 is 0 Å². The summed E-state index contributed by atoms with van der Waals surface area (Å²) in [5.74, 6) is 1.88. The van der Waals surface area contributed by atoms with Crippen LogP contribution in [0.3, 0.4) is 0 Å². The van der Waals surface area contributed by atoms with Gasteiger partial charge < -0.3 is 10.1 Å². The molecule has 1 N–H and O–H groups in total. The van der Waals surface area contributed by atoms with Gasteiger partial charge in [-0.15, -0.1) is 0 Å². The fourth-order valence-electron chi connectivity index (χ4n) is 1.55. The summed E-state index contributed by atoms with van der Waals surface area (Å²) in [5, 5.41) is 3.78. The molecule has 102 valence electrons. The van der Waals surface area contributed by atoms with Gasteiger partial charge in [-0.3, -0.25) is 0 Å². The second kappa shape index (κ2) is 8.27. The van der Waals surface area contributed by atoms with Crippen molar-refractivity contribution in [1.29, 1.82) is 0 Å². The standard InChI is InChI=1S/C13H22ClN3O/c1-10(2)13-16-11(14)9-12(17-13)15-7-5-4-6-8-18-3/h9-10H,4-8H2,1-3H3,(H,15,16,17). The number of nitrogens with zero attached hydrogens (tertiary/aromatic N) is 2. The molecule has 0 saturated carbocycles. The maximum Gasteiger partial charge on any atom is 0.135 e. The number of halogens is 1. The molecule has 1 aromatic heterocycles. The summed E-state index contributed by atoms with van der Waals surface area (Å²) in [7, 11) is 1.73. The number of unbranched alkanes of at least 4 members (excludes halogenated alkanes) is 2. The zero-order valence-electron chi connectivity index (χ0n) is 11.4. The minimum Gasteiger partial charge on any atom is -0.385 e. The van der Waals surface area contributed by atoms with Gasteiger partial charge in [-0.05, 0) is 19.3 Å². The first-order valence-electron chi connectivity index (χ1n) is 6.40. The fraction of sp³-hybridized carbons (Fsp3) is 0.692. The van der Waals surface area contributed by atoms with Crippen molar-refractivity contribution in [2.45, 2.75) is 39.0 Å². The number of methoxy groups -OCH3 is 1. The average Bonchev–Trinajstić information content (AvgIpc) is 2.33. The molecule has 0 spiro atoms. The summed E-state index contributed by atoms with van der Waals surface area (Å²) in [6.45, 7) is 5.84. The first kappa shape index (κ1) is 15.2. The lowest BCUT2D eigenvalue weighted by atomic mass is 10.2. The van der Waals surface area contributed by atoms with Gasteiger partial charge in [-0.1, -0.05) is 25.4 Å². The summed E-state index contributed by atoms with van der Waals surface area (Å²) in [4.78, 5) is 8.64. The molecule has 0 saturated heterocycles. The smallest absolute Gasteiger partial charge is 0.135 e. The van der Waals surface area contributed by atoms with E-state index in [1.165, 1.54) is 0 Å². The van der Waals surface area contributed by atoms with Crippen LogP contribution >= 0.6 is 11.6 Å². The third kappa shape index (κ3) is 5.65. The molecular weight excluding hydrogens is 250 g/mol. The van der Waals surface area contributed by atoms with Crippen LogP contribution in [0.2, 0.25) is 5.15 Å². The lowest BCUT2D eigenvalue weighted by Gasteiger charge is -2.09. The van der Waals surface area contributed by atoms with Crippen molar-refractivity contribution >= 4 is 17.4 Å². The normalized spacial score (nSPS) is 10.9. The topological polar surface area (TPSA) is 47.0 Å². The van der Waals surface area contributed by atoms with Gasteiger partial charge in [-0.25, -0.2) is 9.97 Å². The Bertz CT molecular complexity index is 358. The Labute approximate surface area is 114 Å². The van der Waals surface area contributed by atoms with Gasteiger partial charge in [0.25, 0.3) is 0 Å². The minimum atomic E-state index is 0.283. The quantitative estimate of drug-likeness (QED) is 0.581. The molecule has 0 atom stereocenters. The molecule has 0 fully saturated rings. The monoisotopic (exact) mass is 271 g/mol. The first-order valence-corrected chi connectivity index (χ1v) is 6.78. The van der Waals surface area contributed by atoms with E-state index in [0.717, 1.165) is 44.1 Å². The number of hydrogen-bond donors (Lipinski definition) is 1. The largest absolute Gasteiger partial charge is 0.385 e. The van der Waals surface area contributed by atoms with Gasteiger partial charge in [-0.2, -0.15) is 0 Å². The predicted octanol–water partition coefficient (Wildman–Crippen LogP) is 3.48. The Morgan fingerprint density at radius 1 is 1.28 bits per heavy atom. The number of aromatic nitrogens is 2. The highest BCUT2D eigenvalue weighted by Crippen LogP contribution is 2.16. The van der Waals surface area contributed by atoms with Gasteiger partial charge in [0.15, 0.2) is 0 Å². The molecule has 0 aliphatic heterocycles. The van der Waals surface area contributed by atoms with Crippen molar-refractivity contribution in [3.8, 4) is 0 Å². The lowest BCUT2D eigenvalue weighted by molar-refractivity contribution is 0.192. The SMILES string of the molecule is COCCCCCNc1cc(Cl)nc(C(C)C)n1. The maximum atomic E-state index is 5.97. The number of hydrogen-bond acceptors (Lipinski definition) is 4. The van der Waals surface area contributed by atoms with Crippen molar-refractivity contribution in [2.75, 3.05) is 25.6 Å². The third-order valence-electron chi connectivity index (χ3n) is 2.56. The van der Waals surface area contributed by atoms with Crippen LogP contribution in [0.25, 0.3) is 0 Å². The molecule has 0 bridgehead atoms. The predicted molar refractivity (Wildman–Crippen MR) is 75.3 cm³/mol. The Morgan fingerprint density at radius 2 is 2.06 bits per heavy atom. The molecule has 0 radical (unpaired) electrons. The van der Waals surface area contributed by atoms with Crippen LogP contribution in [0, 0.1) is 0 Å². The van der Waals surface area contributed by atoms with Crippen LogP contribution in [0.15, 0.2) is 6.07 Å². The van der Waals surface area contributed by atoms with E-state index in [9.17, 15) is 0 Å². The minimum absolute atomic E-state index is 0.283. The molecule has 0 aliphatic carbocycles. The number of anilines is 1. The molecule has 1 heterocycles. The summed E-state index contributed by atoms with van der Waals surface area (Å²) in [6.07, 6.45) is 3.35. The van der Waals surface area contributed by atoms with E-state index in [1.807, 2.05) is 0 Å². The van der Waals surface area contributed by atoms with Gasteiger partial charge in [0.1, 0.15) is 16.8 Å². The van der Waals surface area contributed by atoms with Gasteiger partial charge in [0.05, 0.1) is 0 Å². The van der Waals surface area contributed by atoms with E-state index in [-0.39, 0.29) is 5.92 Å². The number of rotatable bonds is 8. The zero-order chi connectivity index (χ0) is 13.4. The Hall–Kier alpha value is -0.870. The van der Waals surface area contributed by atoms with Crippen molar-refractivity contribution in [3.05, 3.63) is 17.0 Å². The van der Waals surface area contributed by atoms with Crippen LogP contribution in [-0.2, 0) is 4.74 Å². The van der Waals surface area contributed by atoms with Gasteiger partial charge in [0, 0.05) is 32.2 Å². The van der Waals surface area contributed by atoms with E-state index in [1.54, 1.807) is 13.2 Å². The van der Waals surface area contributed by atoms with Crippen LogP contribution < -0.4 is 5.32 Å². The van der Waals surface area contributed by atoms with Crippen LogP contribution in [0.4, 0.5) is 5.82 Å². The van der Waals surface area contributed by atoms with Crippen LogP contribution in [0.5, 0.6) is 0 Å². The fourth-order valence-corrected chi connectivity index (χ4v) is 1.74. The Kier molecular flexibility index (Phi) is 6.98. The van der Waals surface area contributed by atoms with Crippen LogP contribution in [-0.4, -0.2) is 30.2 Å². The molecule has 0 aliphatic rings.